The summed E-state index contributed by atoms with van der Waals surface area (Å²) in [6, 6.07) is 0. The molecule has 1 aromatic heterocycles. The van der Waals surface area contributed by atoms with Gasteiger partial charge in [-0.05, 0) is 6.92 Å². The molecule has 0 bridgehead atoms. The lowest BCUT2D eigenvalue weighted by Crippen LogP contribution is -2.14. The summed E-state index contributed by atoms with van der Waals surface area (Å²) in [4.78, 5) is 6.16. The second-order valence-electron chi connectivity index (χ2n) is 1.78. The Balaban J connectivity index is 2.83. The van der Waals surface area contributed by atoms with Crippen molar-refractivity contribution in [3.8, 4) is 0 Å². The van der Waals surface area contributed by atoms with Gasteiger partial charge < -0.3 is 16.3 Å². The van der Waals surface area contributed by atoms with Crippen molar-refractivity contribution in [2.75, 3.05) is 18.1 Å². The maximum absolute atomic E-state index is 5.44. The highest BCUT2D eigenvalue weighted by atomic mass is 16.7. The lowest BCUT2D eigenvalue weighted by atomic mass is 10.5. The number of hydrogen-bond donors (Lipinski definition) is 2. The summed E-state index contributed by atoms with van der Waals surface area (Å²) in [7, 11) is 0. The van der Waals surface area contributed by atoms with Gasteiger partial charge in [0.05, 0.1) is 11.9 Å². The molecule has 0 unspecified atom stereocenters. The van der Waals surface area contributed by atoms with Crippen molar-refractivity contribution in [1.82, 2.24) is 9.94 Å². The van der Waals surface area contributed by atoms with Crippen molar-refractivity contribution in [2.24, 2.45) is 0 Å². The van der Waals surface area contributed by atoms with E-state index in [1.165, 1.54) is 11.0 Å². The van der Waals surface area contributed by atoms with Crippen LogP contribution in [0.25, 0.3) is 0 Å². The molecule has 0 saturated heterocycles. The Morgan fingerprint density at radius 3 is 2.80 bits per heavy atom. The Bertz CT molecular complexity index is 219. The Labute approximate surface area is 58.5 Å². The van der Waals surface area contributed by atoms with Crippen LogP contribution in [-0.4, -0.2) is 16.6 Å². The van der Waals surface area contributed by atoms with Gasteiger partial charge >= 0.3 is 0 Å². The SMILES string of the molecule is CCOn1ncc(N)c1N. The highest BCUT2D eigenvalue weighted by Crippen LogP contribution is 2.09. The number of nitrogens with two attached hydrogens (primary N) is 2. The molecule has 0 radical (unpaired) electrons. The molecular formula is C5H10N4O. The first-order valence-electron chi connectivity index (χ1n) is 2.98. The number of rotatable bonds is 2. The van der Waals surface area contributed by atoms with Crippen molar-refractivity contribution >= 4 is 11.5 Å². The van der Waals surface area contributed by atoms with E-state index in [-0.39, 0.29) is 0 Å². The van der Waals surface area contributed by atoms with Crippen molar-refractivity contribution in [3.63, 3.8) is 0 Å². The largest absolute Gasteiger partial charge is 0.395 e. The summed E-state index contributed by atoms with van der Waals surface area (Å²) in [5.41, 5.74) is 11.3. The molecule has 10 heavy (non-hydrogen) atoms. The average molecular weight is 142 g/mol. The van der Waals surface area contributed by atoms with Gasteiger partial charge in [0.25, 0.3) is 0 Å². The van der Waals surface area contributed by atoms with Gasteiger partial charge in [-0.25, -0.2) is 0 Å². The van der Waals surface area contributed by atoms with Crippen LogP contribution in [0.5, 0.6) is 0 Å². The first-order valence-corrected chi connectivity index (χ1v) is 2.98. The molecule has 5 nitrogen and oxygen atoms in total. The summed E-state index contributed by atoms with van der Waals surface area (Å²) in [6.45, 7) is 2.36. The fraction of sp³-hybridized carbons (Fsp3) is 0.400. The zero-order chi connectivity index (χ0) is 7.56. The Morgan fingerprint density at radius 2 is 2.40 bits per heavy atom. The molecule has 0 saturated carbocycles. The minimum atomic E-state index is 0.349. The second-order valence-corrected chi connectivity index (χ2v) is 1.78. The zero-order valence-corrected chi connectivity index (χ0v) is 5.74. The fourth-order valence-electron chi connectivity index (χ4n) is 0.579. The van der Waals surface area contributed by atoms with Gasteiger partial charge in [-0.1, -0.05) is 4.85 Å². The molecule has 1 rings (SSSR count). The van der Waals surface area contributed by atoms with E-state index in [0.717, 1.165) is 0 Å². The van der Waals surface area contributed by atoms with E-state index in [9.17, 15) is 0 Å². The van der Waals surface area contributed by atoms with E-state index >= 15 is 0 Å². The maximum atomic E-state index is 5.44. The van der Waals surface area contributed by atoms with Crippen LogP contribution in [-0.2, 0) is 0 Å². The summed E-state index contributed by atoms with van der Waals surface area (Å²) < 4.78 is 0. The monoisotopic (exact) mass is 142 g/mol. The van der Waals surface area contributed by atoms with Gasteiger partial charge in [0.15, 0.2) is 5.82 Å². The molecule has 1 heterocycles. The molecule has 5 heteroatoms. The van der Waals surface area contributed by atoms with Crippen LogP contribution >= 0.6 is 0 Å². The summed E-state index contributed by atoms with van der Waals surface area (Å²) in [6.07, 6.45) is 1.45. The number of aromatic nitrogens is 2. The Hall–Kier alpha value is -1.39. The zero-order valence-electron chi connectivity index (χ0n) is 5.74. The van der Waals surface area contributed by atoms with Gasteiger partial charge in [0.1, 0.15) is 6.61 Å². The summed E-state index contributed by atoms with van der Waals surface area (Å²) in [5, 5.41) is 3.75. The molecular weight excluding hydrogens is 132 g/mol. The molecule has 0 aliphatic heterocycles. The number of nitrogens with zero attached hydrogens (tertiary/aromatic N) is 2. The molecule has 0 aromatic carbocycles. The van der Waals surface area contributed by atoms with E-state index in [4.69, 9.17) is 16.3 Å². The van der Waals surface area contributed by atoms with Crippen LogP contribution in [0.4, 0.5) is 11.5 Å². The van der Waals surface area contributed by atoms with Crippen molar-refractivity contribution in [1.29, 1.82) is 0 Å². The summed E-state index contributed by atoms with van der Waals surface area (Å²) >= 11 is 0. The summed E-state index contributed by atoms with van der Waals surface area (Å²) in [5.74, 6) is 0.349. The van der Waals surface area contributed by atoms with Crippen LogP contribution in [0.15, 0.2) is 6.20 Å². The molecule has 0 fully saturated rings. The van der Waals surface area contributed by atoms with Crippen LogP contribution in [0.3, 0.4) is 0 Å². The predicted molar refractivity (Wildman–Crippen MR) is 38.2 cm³/mol. The molecule has 4 N–H and O–H groups in total. The van der Waals surface area contributed by atoms with Crippen LogP contribution in [0, 0.1) is 0 Å². The molecule has 0 aliphatic rings. The highest BCUT2D eigenvalue weighted by Gasteiger charge is 2.01. The van der Waals surface area contributed by atoms with Gasteiger partial charge in [-0.15, -0.1) is 5.10 Å². The molecule has 0 aliphatic carbocycles. The van der Waals surface area contributed by atoms with E-state index < -0.39 is 0 Å². The van der Waals surface area contributed by atoms with E-state index in [2.05, 4.69) is 5.10 Å². The maximum Gasteiger partial charge on any atom is 0.186 e. The lowest BCUT2D eigenvalue weighted by molar-refractivity contribution is 0.0979. The normalized spacial score (nSPS) is 9.70. The van der Waals surface area contributed by atoms with E-state index in [1.54, 1.807) is 0 Å². The van der Waals surface area contributed by atoms with Crippen molar-refractivity contribution in [2.45, 2.75) is 6.92 Å². The average Bonchev–Trinajstić information content (AvgIpc) is 2.20. The van der Waals surface area contributed by atoms with Crippen LogP contribution < -0.4 is 16.3 Å². The fourth-order valence-corrected chi connectivity index (χ4v) is 0.579. The predicted octanol–water partition coefficient (Wildman–Crippen LogP) is -0.504. The minimum Gasteiger partial charge on any atom is -0.395 e. The van der Waals surface area contributed by atoms with Crippen molar-refractivity contribution in [3.05, 3.63) is 6.20 Å². The highest BCUT2D eigenvalue weighted by molar-refractivity contribution is 5.56. The third-order valence-electron chi connectivity index (χ3n) is 1.05. The van der Waals surface area contributed by atoms with Gasteiger partial charge in [-0.2, -0.15) is 0 Å². The Kier molecular flexibility index (Phi) is 1.66. The van der Waals surface area contributed by atoms with E-state index in [0.29, 0.717) is 18.1 Å². The number of hydrogen-bond acceptors (Lipinski definition) is 4. The number of anilines is 2. The lowest BCUT2D eigenvalue weighted by Gasteiger charge is -2.01. The standard InChI is InChI=1S/C5H10N4O/c1-2-10-9-5(7)4(6)3-8-9/h3H,2,6-7H2,1H3. The van der Waals surface area contributed by atoms with Gasteiger partial charge in [0, 0.05) is 0 Å². The van der Waals surface area contributed by atoms with Crippen LogP contribution in [0.1, 0.15) is 6.92 Å². The minimum absolute atomic E-state index is 0.349. The molecule has 0 atom stereocenters. The first-order chi connectivity index (χ1) is 4.75. The van der Waals surface area contributed by atoms with E-state index in [1.807, 2.05) is 6.92 Å². The molecule has 1 aromatic rings. The van der Waals surface area contributed by atoms with Crippen molar-refractivity contribution < 1.29 is 4.84 Å². The third kappa shape index (κ3) is 0.975. The Morgan fingerprint density at radius 1 is 1.70 bits per heavy atom. The van der Waals surface area contributed by atoms with Gasteiger partial charge in [-0.3, -0.25) is 0 Å². The first kappa shape index (κ1) is 6.73. The molecule has 56 valence electrons. The molecule has 0 amide bonds. The quantitative estimate of drug-likeness (QED) is 0.583. The number of nitrogen functional groups attached to an aromatic ring is 2. The van der Waals surface area contributed by atoms with Crippen LogP contribution in [0.2, 0.25) is 0 Å². The molecule has 0 spiro atoms. The van der Waals surface area contributed by atoms with Gasteiger partial charge in [0.2, 0.25) is 0 Å². The topological polar surface area (TPSA) is 79.1 Å². The second kappa shape index (κ2) is 2.47. The smallest absolute Gasteiger partial charge is 0.186 e. The third-order valence-corrected chi connectivity index (χ3v) is 1.05.